The Bertz CT molecular complexity index is 197. The van der Waals surface area contributed by atoms with Crippen LogP contribution in [0.2, 0.25) is 0 Å². The van der Waals surface area contributed by atoms with E-state index in [0.717, 1.165) is 19.1 Å². The first-order chi connectivity index (χ1) is 8.19. The van der Waals surface area contributed by atoms with Crippen molar-refractivity contribution in [2.24, 2.45) is 5.92 Å². The Balaban J connectivity index is 2.37. The van der Waals surface area contributed by atoms with Crippen molar-refractivity contribution in [2.75, 3.05) is 33.4 Å². The zero-order chi connectivity index (χ0) is 12.7. The van der Waals surface area contributed by atoms with Crippen molar-refractivity contribution in [2.45, 2.75) is 52.1 Å². The standard InChI is InChI=1S/C14H30N2O/c1-5-13-11-16(8-6-7-9-17-4)14(10-15-13)12(2)3/h12-15H,5-11H2,1-4H3. The second-order valence-corrected chi connectivity index (χ2v) is 5.52. The summed E-state index contributed by atoms with van der Waals surface area (Å²) in [7, 11) is 1.79. The number of nitrogens with one attached hydrogen (secondary N) is 1. The lowest BCUT2D eigenvalue weighted by atomic mass is 9.97. The molecule has 1 rings (SSSR count). The third-order valence-corrected chi connectivity index (χ3v) is 3.85. The molecule has 1 saturated heterocycles. The summed E-state index contributed by atoms with van der Waals surface area (Å²) in [6, 6.07) is 1.40. The Morgan fingerprint density at radius 1 is 1.35 bits per heavy atom. The maximum atomic E-state index is 5.12. The molecule has 0 spiro atoms. The number of unbranched alkanes of at least 4 members (excludes halogenated alkanes) is 1. The molecule has 1 heterocycles. The number of methoxy groups -OCH3 is 1. The smallest absolute Gasteiger partial charge is 0.0462 e. The summed E-state index contributed by atoms with van der Waals surface area (Å²) in [5.41, 5.74) is 0. The Hall–Kier alpha value is -0.120. The van der Waals surface area contributed by atoms with Gasteiger partial charge in [0, 0.05) is 38.9 Å². The summed E-state index contributed by atoms with van der Waals surface area (Å²) in [5, 5.41) is 3.67. The minimum Gasteiger partial charge on any atom is -0.385 e. The van der Waals surface area contributed by atoms with Gasteiger partial charge in [-0.1, -0.05) is 20.8 Å². The predicted octanol–water partition coefficient (Wildman–Crippen LogP) is 2.12. The van der Waals surface area contributed by atoms with E-state index in [0.29, 0.717) is 12.1 Å². The molecule has 3 nitrogen and oxygen atoms in total. The van der Waals surface area contributed by atoms with Crippen molar-refractivity contribution in [1.29, 1.82) is 0 Å². The van der Waals surface area contributed by atoms with E-state index in [1.165, 1.54) is 32.4 Å². The first-order valence-electron chi connectivity index (χ1n) is 7.15. The molecule has 1 fully saturated rings. The van der Waals surface area contributed by atoms with Crippen molar-refractivity contribution in [1.82, 2.24) is 10.2 Å². The van der Waals surface area contributed by atoms with E-state index in [2.05, 4.69) is 31.0 Å². The fourth-order valence-corrected chi connectivity index (χ4v) is 2.65. The van der Waals surface area contributed by atoms with Gasteiger partial charge in [-0.3, -0.25) is 4.90 Å². The van der Waals surface area contributed by atoms with Gasteiger partial charge in [0.2, 0.25) is 0 Å². The average Bonchev–Trinajstić information content (AvgIpc) is 2.34. The highest BCUT2D eigenvalue weighted by molar-refractivity contribution is 4.87. The Labute approximate surface area is 107 Å². The topological polar surface area (TPSA) is 24.5 Å². The summed E-state index contributed by atoms with van der Waals surface area (Å²) in [5.74, 6) is 0.739. The molecule has 17 heavy (non-hydrogen) atoms. The van der Waals surface area contributed by atoms with E-state index < -0.39 is 0 Å². The Morgan fingerprint density at radius 3 is 2.71 bits per heavy atom. The summed E-state index contributed by atoms with van der Waals surface area (Å²) >= 11 is 0. The molecule has 0 bridgehead atoms. The van der Waals surface area contributed by atoms with Crippen molar-refractivity contribution in [3.8, 4) is 0 Å². The zero-order valence-corrected chi connectivity index (χ0v) is 12.0. The number of rotatable bonds is 7. The third-order valence-electron chi connectivity index (χ3n) is 3.85. The van der Waals surface area contributed by atoms with E-state index >= 15 is 0 Å². The largest absolute Gasteiger partial charge is 0.385 e. The van der Waals surface area contributed by atoms with Crippen LogP contribution in [0.5, 0.6) is 0 Å². The number of piperazine rings is 1. The quantitative estimate of drug-likeness (QED) is 0.692. The first kappa shape index (κ1) is 14.9. The van der Waals surface area contributed by atoms with Crippen LogP contribution in [0.15, 0.2) is 0 Å². The molecule has 2 atom stereocenters. The van der Waals surface area contributed by atoms with E-state index in [4.69, 9.17) is 4.74 Å². The summed E-state index contributed by atoms with van der Waals surface area (Å²) in [4.78, 5) is 2.69. The molecule has 3 heteroatoms. The highest BCUT2D eigenvalue weighted by atomic mass is 16.5. The average molecular weight is 242 g/mol. The predicted molar refractivity (Wildman–Crippen MR) is 73.4 cm³/mol. The molecule has 0 aliphatic carbocycles. The van der Waals surface area contributed by atoms with Gasteiger partial charge >= 0.3 is 0 Å². The SMILES string of the molecule is CCC1CN(CCCCOC)C(C(C)C)CN1. The molecule has 0 aromatic carbocycles. The third kappa shape index (κ3) is 4.94. The summed E-state index contributed by atoms with van der Waals surface area (Å²) in [6.45, 7) is 11.4. The molecular formula is C14H30N2O. The molecule has 102 valence electrons. The van der Waals surface area contributed by atoms with E-state index in [1.807, 2.05) is 0 Å². The minimum atomic E-state index is 0.687. The van der Waals surface area contributed by atoms with Gasteiger partial charge < -0.3 is 10.1 Å². The lowest BCUT2D eigenvalue weighted by Crippen LogP contribution is -2.58. The number of ether oxygens (including phenoxy) is 1. The highest BCUT2D eigenvalue weighted by Gasteiger charge is 2.28. The van der Waals surface area contributed by atoms with Crippen LogP contribution in [0.3, 0.4) is 0 Å². The molecule has 1 N–H and O–H groups in total. The fourth-order valence-electron chi connectivity index (χ4n) is 2.65. The monoisotopic (exact) mass is 242 g/mol. The molecule has 0 amide bonds. The minimum absolute atomic E-state index is 0.687. The lowest BCUT2D eigenvalue weighted by Gasteiger charge is -2.42. The van der Waals surface area contributed by atoms with E-state index in [9.17, 15) is 0 Å². The van der Waals surface area contributed by atoms with Crippen LogP contribution >= 0.6 is 0 Å². The van der Waals surface area contributed by atoms with Crippen LogP contribution in [0.25, 0.3) is 0 Å². The molecule has 0 saturated carbocycles. The van der Waals surface area contributed by atoms with Crippen LogP contribution < -0.4 is 5.32 Å². The zero-order valence-electron chi connectivity index (χ0n) is 12.0. The highest BCUT2D eigenvalue weighted by Crippen LogP contribution is 2.16. The molecule has 0 aromatic heterocycles. The van der Waals surface area contributed by atoms with Gasteiger partial charge in [0.1, 0.15) is 0 Å². The second-order valence-electron chi connectivity index (χ2n) is 5.52. The van der Waals surface area contributed by atoms with Crippen molar-refractivity contribution in [3.63, 3.8) is 0 Å². The van der Waals surface area contributed by atoms with Crippen LogP contribution in [0.4, 0.5) is 0 Å². The first-order valence-corrected chi connectivity index (χ1v) is 7.15. The van der Waals surface area contributed by atoms with Crippen molar-refractivity contribution < 1.29 is 4.74 Å². The maximum Gasteiger partial charge on any atom is 0.0462 e. The molecule has 1 aliphatic heterocycles. The van der Waals surface area contributed by atoms with Gasteiger partial charge in [0.15, 0.2) is 0 Å². The van der Waals surface area contributed by atoms with Crippen LogP contribution in [0.1, 0.15) is 40.0 Å². The molecule has 0 radical (unpaired) electrons. The van der Waals surface area contributed by atoms with Crippen LogP contribution in [-0.2, 0) is 4.74 Å². The number of hydrogen-bond acceptors (Lipinski definition) is 3. The molecule has 0 aromatic rings. The normalized spacial score (nSPS) is 26.6. The second kappa shape index (κ2) is 8.06. The summed E-state index contributed by atoms with van der Waals surface area (Å²) < 4.78 is 5.12. The molecule has 2 unspecified atom stereocenters. The van der Waals surface area contributed by atoms with Crippen molar-refractivity contribution in [3.05, 3.63) is 0 Å². The number of hydrogen-bond donors (Lipinski definition) is 1. The van der Waals surface area contributed by atoms with Gasteiger partial charge in [-0.25, -0.2) is 0 Å². The van der Waals surface area contributed by atoms with Crippen LogP contribution in [-0.4, -0.2) is 50.3 Å². The van der Waals surface area contributed by atoms with E-state index in [1.54, 1.807) is 7.11 Å². The van der Waals surface area contributed by atoms with Gasteiger partial charge in [0.05, 0.1) is 0 Å². The molecule has 1 aliphatic rings. The molecular weight excluding hydrogens is 212 g/mol. The Morgan fingerprint density at radius 2 is 2.12 bits per heavy atom. The lowest BCUT2D eigenvalue weighted by molar-refractivity contribution is 0.0917. The van der Waals surface area contributed by atoms with Gasteiger partial charge in [-0.15, -0.1) is 0 Å². The van der Waals surface area contributed by atoms with Crippen LogP contribution in [0, 0.1) is 5.92 Å². The number of nitrogens with zero attached hydrogens (tertiary/aromatic N) is 1. The van der Waals surface area contributed by atoms with Gasteiger partial charge in [-0.05, 0) is 31.7 Å². The Kier molecular flexibility index (Phi) is 7.09. The summed E-state index contributed by atoms with van der Waals surface area (Å²) in [6.07, 6.45) is 3.68. The maximum absolute atomic E-state index is 5.12. The van der Waals surface area contributed by atoms with Gasteiger partial charge in [0.25, 0.3) is 0 Å². The van der Waals surface area contributed by atoms with E-state index in [-0.39, 0.29) is 0 Å². The van der Waals surface area contributed by atoms with Gasteiger partial charge in [-0.2, -0.15) is 0 Å². The van der Waals surface area contributed by atoms with Crippen molar-refractivity contribution >= 4 is 0 Å². The fraction of sp³-hybridized carbons (Fsp3) is 1.00.